The molecule has 166 valence electrons. The summed E-state index contributed by atoms with van der Waals surface area (Å²) in [5, 5.41) is 5.42. The van der Waals surface area contributed by atoms with Crippen LogP contribution in [-0.2, 0) is 0 Å². The van der Waals surface area contributed by atoms with Crippen molar-refractivity contribution in [3.8, 4) is 28.4 Å². The second kappa shape index (κ2) is 9.73. The van der Waals surface area contributed by atoms with Crippen molar-refractivity contribution in [1.29, 1.82) is 0 Å². The van der Waals surface area contributed by atoms with Crippen LogP contribution < -0.4 is 4.74 Å². The molecule has 34 heavy (non-hydrogen) atoms. The summed E-state index contributed by atoms with van der Waals surface area (Å²) in [6, 6.07) is 32.9. The SMILES string of the molecule is Fc1ccc(/C=N\c2cc(-c3ccc(Cl)cc3)nn2-c2ccccc2)cc1Oc1ccccc1. The molecule has 0 spiro atoms. The lowest BCUT2D eigenvalue weighted by Gasteiger charge is -2.07. The summed E-state index contributed by atoms with van der Waals surface area (Å²) in [6.07, 6.45) is 1.67. The van der Waals surface area contributed by atoms with Crippen LogP contribution in [0, 0.1) is 5.82 Å². The molecule has 0 atom stereocenters. The standard InChI is InChI=1S/C28H19ClFN3O/c29-22-14-12-21(13-15-22)26-18-28(33(32-26)23-7-3-1-4-8-23)31-19-20-11-16-25(30)27(17-20)34-24-9-5-2-6-10-24/h1-19H/b31-19-. The number of halogens is 2. The summed E-state index contributed by atoms with van der Waals surface area (Å²) < 4.78 is 21.8. The van der Waals surface area contributed by atoms with Gasteiger partial charge >= 0.3 is 0 Å². The molecule has 0 amide bonds. The van der Waals surface area contributed by atoms with Gasteiger partial charge in [0.25, 0.3) is 0 Å². The lowest BCUT2D eigenvalue weighted by Crippen LogP contribution is -1.96. The normalized spacial score (nSPS) is 11.1. The van der Waals surface area contributed by atoms with Crippen LogP contribution in [-0.4, -0.2) is 16.0 Å². The highest BCUT2D eigenvalue weighted by Crippen LogP contribution is 2.28. The fourth-order valence-corrected chi connectivity index (χ4v) is 3.54. The molecule has 0 fully saturated rings. The van der Waals surface area contributed by atoms with Gasteiger partial charge in [0.05, 0.1) is 11.4 Å². The molecule has 5 rings (SSSR count). The maximum Gasteiger partial charge on any atom is 0.165 e. The number of nitrogens with zero attached hydrogens (tertiary/aromatic N) is 3. The van der Waals surface area contributed by atoms with Crippen LogP contribution in [0.5, 0.6) is 11.5 Å². The van der Waals surface area contributed by atoms with E-state index in [4.69, 9.17) is 21.4 Å². The van der Waals surface area contributed by atoms with Gasteiger partial charge < -0.3 is 4.74 Å². The Bertz CT molecular complexity index is 1430. The predicted octanol–water partition coefficient (Wildman–Crippen LogP) is 7.87. The number of aromatic nitrogens is 2. The van der Waals surface area contributed by atoms with Crippen molar-refractivity contribution in [3.05, 3.63) is 126 Å². The summed E-state index contributed by atoms with van der Waals surface area (Å²) in [6.45, 7) is 0. The molecular weight excluding hydrogens is 449 g/mol. The van der Waals surface area contributed by atoms with Gasteiger partial charge in [-0.3, -0.25) is 0 Å². The number of hydrogen-bond acceptors (Lipinski definition) is 3. The number of hydrogen-bond donors (Lipinski definition) is 0. The highest BCUT2D eigenvalue weighted by atomic mass is 35.5. The Morgan fingerprint density at radius 1 is 0.824 bits per heavy atom. The molecule has 6 heteroatoms. The molecule has 1 aromatic heterocycles. The fraction of sp³-hybridized carbons (Fsp3) is 0. The van der Waals surface area contributed by atoms with Gasteiger partial charge in [-0.25, -0.2) is 14.1 Å². The molecular formula is C28H19ClFN3O. The van der Waals surface area contributed by atoms with E-state index in [0.29, 0.717) is 22.2 Å². The van der Waals surface area contributed by atoms with E-state index in [-0.39, 0.29) is 5.75 Å². The monoisotopic (exact) mass is 467 g/mol. The van der Waals surface area contributed by atoms with Crippen molar-refractivity contribution in [2.75, 3.05) is 0 Å². The second-order valence-corrected chi connectivity index (χ2v) is 7.94. The van der Waals surface area contributed by atoms with Gasteiger partial charge in [0, 0.05) is 22.9 Å². The zero-order valence-electron chi connectivity index (χ0n) is 18.0. The number of rotatable bonds is 6. The average molecular weight is 468 g/mol. The van der Waals surface area contributed by atoms with Crippen LogP contribution in [0.3, 0.4) is 0 Å². The Balaban J connectivity index is 1.49. The molecule has 0 saturated carbocycles. The van der Waals surface area contributed by atoms with E-state index in [1.165, 1.54) is 6.07 Å². The predicted molar refractivity (Wildman–Crippen MR) is 134 cm³/mol. The molecule has 5 aromatic rings. The third kappa shape index (κ3) is 4.90. The van der Waals surface area contributed by atoms with Crippen molar-refractivity contribution in [3.63, 3.8) is 0 Å². The largest absolute Gasteiger partial charge is 0.454 e. The van der Waals surface area contributed by atoms with Gasteiger partial charge in [0.1, 0.15) is 5.75 Å². The minimum atomic E-state index is -0.444. The zero-order valence-corrected chi connectivity index (χ0v) is 18.7. The van der Waals surface area contributed by atoms with Gasteiger partial charge in [-0.05, 0) is 54.1 Å². The molecule has 0 aliphatic carbocycles. The second-order valence-electron chi connectivity index (χ2n) is 7.51. The van der Waals surface area contributed by atoms with Crippen molar-refractivity contribution in [2.45, 2.75) is 0 Å². The van der Waals surface area contributed by atoms with E-state index in [1.807, 2.05) is 78.9 Å². The molecule has 1 heterocycles. The maximum atomic E-state index is 14.3. The minimum Gasteiger partial charge on any atom is -0.454 e. The lowest BCUT2D eigenvalue weighted by atomic mass is 10.1. The molecule has 0 aliphatic heterocycles. The molecule has 0 N–H and O–H groups in total. The van der Waals surface area contributed by atoms with Gasteiger partial charge in [-0.1, -0.05) is 66.2 Å². The Morgan fingerprint density at radius 2 is 1.53 bits per heavy atom. The molecule has 0 aliphatic rings. The Labute approximate surface area is 201 Å². The average Bonchev–Trinajstić information content (AvgIpc) is 3.30. The highest BCUT2D eigenvalue weighted by Gasteiger charge is 2.11. The van der Waals surface area contributed by atoms with Gasteiger partial charge in [-0.15, -0.1) is 0 Å². The van der Waals surface area contributed by atoms with Gasteiger partial charge in [0.2, 0.25) is 0 Å². The van der Waals surface area contributed by atoms with Crippen LogP contribution in [0.15, 0.2) is 114 Å². The summed E-state index contributed by atoms with van der Waals surface area (Å²) >= 11 is 6.04. The number of ether oxygens (including phenoxy) is 1. The van der Waals surface area contributed by atoms with E-state index in [0.717, 1.165) is 16.9 Å². The first-order valence-electron chi connectivity index (χ1n) is 10.6. The van der Waals surface area contributed by atoms with E-state index in [9.17, 15) is 4.39 Å². The molecule has 0 radical (unpaired) electrons. The first kappa shape index (κ1) is 21.6. The zero-order chi connectivity index (χ0) is 23.3. The number of aliphatic imine (C=N–C) groups is 1. The van der Waals surface area contributed by atoms with E-state index >= 15 is 0 Å². The van der Waals surface area contributed by atoms with Crippen molar-refractivity contribution in [1.82, 2.24) is 9.78 Å². The summed E-state index contributed by atoms with van der Waals surface area (Å²) in [7, 11) is 0. The van der Waals surface area contributed by atoms with Crippen LogP contribution in [0.1, 0.15) is 5.56 Å². The smallest absolute Gasteiger partial charge is 0.165 e. The Hall–Kier alpha value is -4.22. The molecule has 4 aromatic carbocycles. The molecule has 0 unspecified atom stereocenters. The Kier molecular flexibility index (Phi) is 6.19. The lowest BCUT2D eigenvalue weighted by molar-refractivity contribution is 0.442. The first-order valence-corrected chi connectivity index (χ1v) is 11.0. The van der Waals surface area contributed by atoms with Crippen LogP contribution in [0.2, 0.25) is 5.02 Å². The van der Waals surface area contributed by atoms with E-state index < -0.39 is 5.82 Å². The minimum absolute atomic E-state index is 0.133. The molecule has 0 bridgehead atoms. The fourth-order valence-electron chi connectivity index (χ4n) is 3.42. The van der Waals surface area contributed by atoms with Crippen molar-refractivity contribution in [2.24, 2.45) is 4.99 Å². The summed E-state index contributed by atoms with van der Waals surface area (Å²) in [5.41, 5.74) is 3.26. The van der Waals surface area contributed by atoms with E-state index in [1.54, 1.807) is 35.2 Å². The third-order valence-corrected chi connectivity index (χ3v) is 5.36. The molecule has 4 nitrogen and oxygen atoms in total. The third-order valence-electron chi connectivity index (χ3n) is 5.10. The van der Waals surface area contributed by atoms with Gasteiger partial charge in [0.15, 0.2) is 17.4 Å². The van der Waals surface area contributed by atoms with E-state index in [2.05, 4.69) is 4.99 Å². The van der Waals surface area contributed by atoms with Crippen LogP contribution in [0.25, 0.3) is 16.9 Å². The highest BCUT2D eigenvalue weighted by molar-refractivity contribution is 6.30. The number of para-hydroxylation sites is 2. The Morgan fingerprint density at radius 3 is 2.26 bits per heavy atom. The summed E-state index contributed by atoms with van der Waals surface area (Å²) in [4.78, 5) is 4.67. The van der Waals surface area contributed by atoms with Gasteiger partial charge in [-0.2, -0.15) is 5.10 Å². The quantitative estimate of drug-likeness (QED) is 0.238. The number of benzene rings is 4. The topological polar surface area (TPSA) is 39.4 Å². The van der Waals surface area contributed by atoms with Crippen molar-refractivity contribution >= 4 is 23.6 Å². The van der Waals surface area contributed by atoms with Crippen LogP contribution in [0.4, 0.5) is 10.2 Å². The summed E-state index contributed by atoms with van der Waals surface area (Å²) in [5.74, 6) is 0.880. The maximum absolute atomic E-state index is 14.3. The molecule has 0 saturated heterocycles. The van der Waals surface area contributed by atoms with Crippen LogP contribution >= 0.6 is 11.6 Å². The van der Waals surface area contributed by atoms with Crippen molar-refractivity contribution < 1.29 is 9.13 Å². The first-order chi connectivity index (χ1) is 16.7.